The van der Waals surface area contributed by atoms with Gasteiger partial charge in [0, 0.05) is 19.3 Å². The van der Waals surface area contributed by atoms with Crippen LogP contribution in [0.1, 0.15) is 310 Å². The van der Waals surface area contributed by atoms with Crippen molar-refractivity contribution in [3.05, 3.63) is 146 Å². The molecule has 0 saturated heterocycles. The lowest BCUT2D eigenvalue weighted by molar-refractivity contribution is -0.161. The van der Waals surface area contributed by atoms with Gasteiger partial charge in [-0.15, -0.1) is 0 Å². The Morgan fingerprint density at radius 1 is 0.288 bits per heavy atom. The van der Waals surface area contributed by atoms with Crippen LogP contribution >= 0.6 is 15.6 Å². The number of phosphoric acid groups is 2. The quantitative estimate of drug-likeness (QED) is 0.0169. The normalized spacial score (nSPS) is 14.6. The summed E-state index contributed by atoms with van der Waals surface area (Å²) in [6, 6.07) is 0. The molecule has 0 aromatic rings. The maximum atomic E-state index is 13.1. The fourth-order valence-electron chi connectivity index (χ4n) is 10.3. The number of esters is 4. The number of carbonyl (C=O) groups is 4. The Labute approximate surface area is 630 Å². The van der Waals surface area contributed by atoms with Crippen molar-refractivity contribution in [2.24, 2.45) is 0 Å². The number of hydrogen-bond donors (Lipinski definition) is 3. The molecule has 0 aromatic carbocycles. The molecule has 0 rings (SSSR count). The molecule has 5 unspecified atom stereocenters. The molecular weight excluding hydrogens is 1350 g/mol. The van der Waals surface area contributed by atoms with Gasteiger partial charge in [0.2, 0.25) is 0 Å². The first-order chi connectivity index (χ1) is 50.7. The molecule has 0 heterocycles. The van der Waals surface area contributed by atoms with Gasteiger partial charge in [0.15, 0.2) is 12.2 Å². The van der Waals surface area contributed by atoms with Crippen molar-refractivity contribution in [2.45, 2.75) is 329 Å². The van der Waals surface area contributed by atoms with Crippen molar-refractivity contribution in [1.82, 2.24) is 0 Å². The van der Waals surface area contributed by atoms with E-state index in [1.165, 1.54) is 83.5 Å². The Balaban J connectivity index is 5.46. The zero-order valence-corrected chi connectivity index (χ0v) is 66.7. The second-order valence-electron chi connectivity index (χ2n) is 26.3. The van der Waals surface area contributed by atoms with Gasteiger partial charge in [0.1, 0.15) is 19.3 Å². The van der Waals surface area contributed by atoms with E-state index >= 15 is 0 Å². The molecule has 3 N–H and O–H groups in total. The third-order valence-electron chi connectivity index (χ3n) is 16.3. The topological polar surface area (TPSA) is 237 Å². The fraction of sp³-hybridized carbons (Fsp3) is 0.671. The summed E-state index contributed by atoms with van der Waals surface area (Å²) >= 11 is 0. The van der Waals surface area contributed by atoms with Gasteiger partial charge in [0.05, 0.1) is 32.8 Å². The van der Waals surface area contributed by atoms with Gasteiger partial charge in [-0.05, 0) is 128 Å². The molecule has 0 amide bonds. The molecule has 0 saturated carbocycles. The number of aliphatic hydroxyl groups is 1. The highest BCUT2D eigenvalue weighted by Crippen LogP contribution is 2.45. The molecule has 0 aliphatic heterocycles. The van der Waals surface area contributed by atoms with Crippen LogP contribution in [0.3, 0.4) is 0 Å². The number of aliphatic hydroxyl groups excluding tert-OH is 1. The van der Waals surface area contributed by atoms with Crippen LogP contribution in [-0.2, 0) is 65.4 Å². The van der Waals surface area contributed by atoms with Gasteiger partial charge in [-0.2, -0.15) is 0 Å². The van der Waals surface area contributed by atoms with Gasteiger partial charge < -0.3 is 33.8 Å². The number of rotatable bonds is 74. The van der Waals surface area contributed by atoms with Crippen LogP contribution in [-0.4, -0.2) is 96.7 Å². The molecule has 0 bridgehead atoms. The van der Waals surface area contributed by atoms with Crippen LogP contribution in [0, 0.1) is 0 Å². The molecule has 17 nitrogen and oxygen atoms in total. The van der Waals surface area contributed by atoms with E-state index in [0.29, 0.717) is 25.7 Å². The summed E-state index contributed by atoms with van der Waals surface area (Å²) in [5, 5.41) is 10.6. The maximum Gasteiger partial charge on any atom is 0.472 e. The molecule has 0 aliphatic rings. The largest absolute Gasteiger partial charge is 0.472 e. The highest BCUT2D eigenvalue weighted by Gasteiger charge is 2.30. The van der Waals surface area contributed by atoms with Crippen LogP contribution in [0.2, 0.25) is 0 Å². The Kier molecular flexibility index (Phi) is 72.4. The standard InChI is InChI=1S/C85H142O17P2/c1-5-9-13-17-21-25-29-33-37-38-39-40-44-46-50-54-58-62-66-70-83(88)96-76-81(102-85(90)72-68-64-60-56-52-48-43-36-32-28-24-20-16-12-8-4)78-100-104(93,94)98-74-79(86)73-97-103(91,92)99-77-80(101-84(89)71-67-63-59-55-51-47-42-35-31-27-23-19-15-11-7-3)75-95-82(87)69-65-61-57-53-49-45-41-34-30-26-22-18-14-10-6-2/h9-10,13-14,21-22,24-26,28,33-34,36-37,39-41,43,46,49-50,53,61,65,79-81,86H,5-8,11-12,15-20,23,27,29-32,35,38,42,44-45,47-48,51-52,54-60,62-64,66-78H2,1-4H3,(H,91,92)(H,93,94)/b13-9-,14-10-,25-21-,26-22-,28-24-,37-33-,40-39-,41-34-,43-36-,50-46-,53-49-,65-61-. The van der Waals surface area contributed by atoms with Crippen molar-refractivity contribution < 1.29 is 80.2 Å². The summed E-state index contributed by atoms with van der Waals surface area (Å²) in [6.45, 7) is 4.47. The first-order valence-corrected chi connectivity index (χ1v) is 43.1. The second-order valence-corrected chi connectivity index (χ2v) is 29.2. The maximum absolute atomic E-state index is 13.1. The van der Waals surface area contributed by atoms with Crippen molar-refractivity contribution >= 4 is 39.5 Å². The number of unbranched alkanes of at least 4 members (excludes halogenated alkanes) is 25. The SMILES string of the molecule is CC/C=C\C/C=C\C/C=C\C/C=C\C/C=C\CCCCCC(=O)OCC(COP(=O)(O)OCC(O)COP(=O)(O)OCC(COC(=O)C/C=C\C/C=C\C/C=C\C/C=C\C/C=C\CC)OC(=O)CCCCCCCCCCCCCCCCC)OC(=O)CCCCCCC/C=C\C/C=C\CCCCC. The summed E-state index contributed by atoms with van der Waals surface area (Å²) < 4.78 is 68.5. The zero-order valence-electron chi connectivity index (χ0n) is 64.9. The molecule has 5 atom stereocenters. The Morgan fingerprint density at radius 3 is 0.885 bits per heavy atom. The molecular formula is C85H142O17P2. The summed E-state index contributed by atoms with van der Waals surface area (Å²) in [7, 11) is -10.0. The minimum atomic E-state index is -5.00. The average molecular weight is 1500 g/mol. The van der Waals surface area contributed by atoms with E-state index < -0.39 is 97.5 Å². The Morgan fingerprint density at radius 2 is 0.538 bits per heavy atom. The molecule has 0 aromatic heterocycles. The first kappa shape index (κ1) is 98.9. The van der Waals surface area contributed by atoms with Gasteiger partial charge in [-0.3, -0.25) is 37.3 Å². The number of phosphoric ester groups is 2. The minimum absolute atomic E-state index is 0.0655. The van der Waals surface area contributed by atoms with Gasteiger partial charge in [-0.1, -0.05) is 302 Å². The monoisotopic (exact) mass is 1500 g/mol. The third kappa shape index (κ3) is 75.2. The van der Waals surface area contributed by atoms with Crippen molar-refractivity contribution in [2.75, 3.05) is 39.6 Å². The van der Waals surface area contributed by atoms with Crippen molar-refractivity contribution in [3.8, 4) is 0 Å². The Bertz CT molecular complexity index is 2540. The van der Waals surface area contributed by atoms with Crippen molar-refractivity contribution in [3.63, 3.8) is 0 Å². The lowest BCUT2D eigenvalue weighted by Crippen LogP contribution is -2.30. The fourth-order valence-corrected chi connectivity index (χ4v) is 11.9. The lowest BCUT2D eigenvalue weighted by Gasteiger charge is -2.21. The second kappa shape index (κ2) is 76.1. The molecule has 0 aliphatic carbocycles. The predicted molar refractivity (Wildman–Crippen MR) is 427 cm³/mol. The predicted octanol–water partition coefficient (Wildman–Crippen LogP) is 23.4. The molecule has 104 heavy (non-hydrogen) atoms. The van der Waals surface area contributed by atoms with Gasteiger partial charge in [-0.25, -0.2) is 9.13 Å². The van der Waals surface area contributed by atoms with E-state index in [9.17, 15) is 43.2 Å². The van der Waals surface area contributed by atoms with Gasteiger partial charge >= 0.3 is 39.5 Å². The van der Waals surface area contributed by atoms with Crippen LogP contribution in [0.4, 0.5) is 0 Å². The summed E-state index contributed by atoms with van der Waals surface area (Å²) in [5.41, 5.74) is 0. The van der Waals surface area contributed by atoms with E-state index in [4.69, 9.17) is 37.0 Å². The van der Waals surface area contributed by atoms with E-state index in [1.54, 1.807) is 6.08 Å². The van der Waals surface area contributed by atoms with E-state index in [2.05, 4.69) is 149 Å². The van der Waals surface area contributed by atoms with Crippen LogP contribution in [0.15, 0.2) is 146 Å². The highest BCUT2D eigenvalue weighted by molar-refractivity contribution is 7.47. The average Bonchev–Trinajstić information content (AvgIpc) is 0.918. The van der Waals surface area contributed by atoms with Crippen molar-refractivity contribution in [1.29, 1.82) is 0 Å². The lowest BCUT2D eigenvalue weighted by atomic mass is 10.0. The van der Waals surface area contributed by atoms with E-state index in [1.807, 2.05) is 18.2 Å². The van der Waals surface area contributed by atoms with Crippen LogP contribution in [0.5, 0.6) is 0 Å². The number of hydrogen-bond acceptors (Lipinski definition) is 15. The number of ether oxygens (including phenoxy) is 4. The molecule has 0 spiro atoms. The molecule has 594 valence electrons. The number of allylic oxidation sites excluding steroid dienone is 23. The molecule has 0 fully saturated rings. The summed E-state index contributed by atoms with van der Waals surface area (Å²) in [5.74, 6) is -2.37. The smallest absolute Gasteiger partial charge is 0.462 e. The zero-order chi connectivity index (χ0) is 76.0. The third-order valence-corrected chi connectivity index (χ3v) is 18.2. The highest BCUT2D eigenvalue weighted by atomic mass is 31.2. The summed E-state index contributed by atoms with van der Waals surface area (Å²) in [4.78, 5) is 73.0. The van der Waals surface area contributed by atoms with E-state index in [-0.39, 0.29) is 25.7 Å². The summed E-state index contributed by atoms with van der Waals surface area (Å²) in [6.07, 6.45) is 87.1. The van der Waals surface area contributed by atoms with E-state index in [0.717, 1.165) is 148 Å². The Hall–Kier alpha value is -5.06. The first-order valence-electron chi connectivity index (χ1n) is 40.1. The van der Waals surface area contributed by atoms with Crippen LogP contribution in [0.25, 0.3) is 0 Å². The van der Waals surface area contributed by atoms with Crippen LogP contribution < -0.4 is 0 Å². The molecule has 0 radical (unpaired) electrons. The van der Waals surface area contributed by atoms with Gasteiger partial charge in [0.25, 0.3) is 0 Å². The number of carbonyl (C=O) groups excluding carboxylic acids is 4. The molecule has 19 heteroatoms. The minimum Gasteiger partial charge on any atom is -0.462 e.